The molecule has 2 aliphatic heterocycles. The molecule has 1 saturated heterocycles. The van der Waals surface area contributed by atoms with Gasteiger partial charge < -0.3 is 30.2 Å². The summed E-state index contributed by atoms with van der Waals surface area (Å²) in [5.41, 5.74) is -0.492. The molecular weight excluding hydrogens is 552 g/mol. The predicted octanol–water partition coefficient (Wildman–Crippen LogP) is 4.08. The highest BCUT2D eigenvalue weighted by molar-refractivity contribution is 6.02. The van der Waals surface area contributed by atoms with Crippen molar-refractivity contribution in [3.8, 4) is 0 Å². The summed E-state index contributed by atoms with van der Waals surface area (Å²) >= 11 is 0. The zero-order chi connectivity index (χ0) is 31.6. The van der Waals surface area contributed by atoms with Crippen molar-refractivity contribution in [2.24, 2.45) is 11.1 Å². The summed E-state index contributed by atoms with van der Waals surface area (Å²) in [6.07, 6.45) is 5.81. The third kappa shape index (κ3) is 7.19. The van der Waals surface area contributed by atoms with Crippen molar-refractivity contribution in [3.05, 3.63) is 47.5 Å². The highest BCUT2D eigenvalue weighted by atomic mass is 16.7. The summed E-state index contributed by atoms with van der Waals surface area (Å²) < 4.78 is 5.36. The average Bonchev–Trinajstić information content (AvgIpc) is 3.28. The number of hydrogen-bond acceptors (Lipinski definition) is 7. The topological polar surface area (TPSA) is 147 Å². The largest absolute Gasteiger partial charge is 0.479 e. The van der Waals surface area contributed by atoms with Crippen LogP contribution >= 0.6 is 0 Å². The summed E-state index contributed by atoms with van der Waals surface area (Å²) in [5.74, 6) is -2.50. The van der Waals surface area contributed by atoms with Gasteiger partial charge >= 0.3 is 12.1 Å². The number of allylic oxidation sites excluding steroid dienone is 1. The minimum atomic E-state index is -1.43. The zero-order valence-electron chi connectivity index (χ0n) is 25.9. The van der Waals surface area contributed by atoms with Gasteiger partial charge in [-0.15, -0.1) is 0 Å². The second-order valence-corrected chi connectivity index (χ2v) is 12.9. The van der Waals surface area contributed by atoms with Crippen LogP contribution in [-0.2, 0) is 24.0 Å². The first-order valence-corrected chi connectivity index (χ1v) is 15.1. The van der Waals surface area contributed by atoms with E-state index in [9.17, 15) is 24.3 Å². The number of rotatable bonds is 10. The van der Waals surface area contributed by atoms with Gasteiger partial charge in [0.15, 0.2) is 5.60 Å². The first kappa shape index (κ1) is 32.0. The molecule has 3 amide bonds. The smallest absolute Gasteiger partial charge is 0.408 e. The van der Waals surface area contributed by atoms with Gasteiger partial charge in [-0.05, 0) is 52.5 Å². The maximum Gasteiger partial charge on any atom is 0.408 e. The van der Waals surface area contributed by atoms with Gasteiger partial charge in [0.1, 0.15) is 23.2 Å². The lowest BCUT2D eigenvalue weighted by Crippen LogP contribution is -2.56. The standard InChI is InChI=1S/C32H44N4O7/c1-7-9-10-14-22-16-32(22,28(39)40)34-26(37)25-18-31(17-24(35-43-31)21-13-11-12-20(3)15-21)19-36(25)27(38)23(8-2)33-29(41)42-30(4,5)6/h10-15,22-23,25H,7-9,16-19H2,1-6H3,(H,33,41)(H,34,37)(H,39,40)/b14-10-/t22-,23+,25+,31-,32-/m1/s1. The van der Waals surface area contributed by atoms with E-state index in [0.717, 1.165) is 24.0 Å². The third-order valence-corrected chi connectivity index (χ3v) is 8.14. The Morgan fingerprint density at radius 3 is 2.60 bits per heavy atom. The molecule has 0 radical (unpaired) electrons. The fraction of sp³-hybridized carbons (Fsp3) is 0.594. The fourth-order valence-electron chi connectivity index (χ4n) is 5.79. The van der Waals surface area contributed by atoms with E-state index < -0.39 is 52.7 Å². The van der Waals surface area contributed by atoms with Crippen LogP contribution < -0.4 is 10.6 Å². The van der Waals surface area contributed by atoms with Crippen molar-refractivity contribution >= 4 is 29.6 Å². The molecule has 1 aliphatic carbocycles. The molecule has 2 heterocycles. The Bertz CT molecular complexity index is 1320. The minimum absolute atomic E-state index is 0.0507. The number of carbonyl (C=O) groups excluding carboxylic acids is 3. The van der Waals surface area contributed by atoms with Crippen molar-refractivity contribution in [3.63, 3.8) is 0 Å². The Labute approximate surface area is 253 Å². The van der Waals surface area contributed by atoms with Gasteiger partial charge in [-0.2, -0.15) is 0 Å². The lowest BCUT2D eigenvalue weighted by atomic mass is 9.91. The molecule has 5 atom stereocenters. The number of carboxylic acid groups (broad SMARTS) is 1. The number of likely N-dealkylation sites (tertiary alicyclic amines) is 1. The summed E-state index contributed by atoms with van der Waals surface area (Å²) in [4.78, 5) is 60.1. The number of hydrogen-bond donors (Lipinski definition) is 3. The number of ether oxygens (including phenoxy) is 1. The molecule has 234 valence electrons. The monoisotopic (exact) mass is 596 g/mol. The van der Waals surface area contributed by atoms with E-state index in [2.05, 4.69) is 15.8 Å². The number of unbranched alkanes of at least 4 members (excludes halogenated alkanes) is 1. The third-order valence-electron chi connectivity index (χ3n) is 8.14. The molecule has 4 rings (SSSR count). The average molecular weight is 597 g/mol. The van der Waals surface area contributed by atoms with E-state index >= 15 is 0 Å². The number of nitrogens with one attached hydrogen (secondary N) is 2. The Morgan fingerprint density at radius 1 is 1.23 bits per heavy atom. The fourth-order valence-corrected chi connectivity index (χ4v) is 5.79. The van der Waals surface area contributed by atoms with Gasteiger partial charge in [-0.3, -0.25) is 9.59 Å². The number of carbonyl (C=O) groups is 4. The molecule has 11 heteroatoms. The minimum Gasteiger partial charge on any atom is -0.479 e. The van der Waals surface area contributed by atoms with Crippen LogP contribution in [0.2, 0.25) is 0 Å². The molecule has 11 nitrogen and oxygen atoms in total. The summed E-state index contributed by atoms with van der Waals surface area (Å²) in [6.45, 7) is 11.0. The maximum absolute atomic E-state index is 13.9. The first-order chi connectivity index (χ1) is 20.2. The molecule has 43 heavy (non-hydrogen) atoms. The van der Waals surface area contributed by atoms with E-state index in [0.29, 0.717) is 12.1 Å². The molecular formula is C32H44N4O7. The number of nitrogens with zero attached hydrogens (tertiary/aromatic N) is 2. The number of aliphatic carboxylic acids is 1. The second kappa shape index (κ2) is 12.4. The summed E-state index contributed by atoms with van der Waals surface area (Å²) in [5, 5.41) is 19.8. The van der Waals surface area contributed by atoms with Crippen molar-refractivity contribution in [2.75, 3.05) is 6.54 Å². The van der Waals surface area contributed by atoms with Crippen LogP contribution in [0, 0.1) is 12.8 Å². The molecule has 1 saturated carbocycles. The van der Waals surface area contributed by atoms with E-state index in [4.69, 9.17) is 9.57 Å². The van der Waals surface area contributed by atoms with Gasteiger partial charge in [-0.25, -0.2) is 9.59 Å². The Hall–Kier alpha value is -3.89. The molecule has 1 aromatic carbocycles. The first-order valence-electron chi connectivity index (χ1n) is 15.1. The number of oxime groups is 1. The van der Waals surface area contributed by atoms with Crippen LogP contribution in [0.1, 0.15) is 84.3 Å². The second-order valence-electron chi connectivity index (χ2n) is 12.9. The molecule has 1 spiro atoms. The van der Waals surface area contributed by atoms with Crippen molar-refractivity contribution in [1.29, 1.82) is 0 Å². The highest BCUT2D eigenvalue weighted by Crippen LogP contribution is 2.46. The molecule has 3 aliphatic rings. The van der Waals surface area contributed by atoms with E-state index in [1.807, 2.05) is 50.3 Å². The molecule has 2 fully saturated rings. The highest BCUT2D eigenvalue weighted by Gasteiger charge is 2.62. The van der Waals surface area contributed by atoms with Gasteiger partial charge in [-0.1, -0.05) is 67.4 Å². The van der Waals surface area contributed by atoms with Gasteiger partial charge in [0, 0.05) is 18.8 Å². The van der Waals surface area contributed by atoms with Crippen LogP contribution in [0.3, 0.4) is 0 Å². The van der Waals surface area contributed by atoms with Crippen LogP contribution in [-0.4, -0.2) is 75.0 Å². The van der Waals surface area contributed by atoms with E-state index in [-0.39, 0.29) is 31.7 Å². The summed E-state index contributed by atoms with van der Waals surface area (Å²) in [7, 11) is 0. The molecule has 0 unspecified atom stereocenters. The lowest BCUT2D eigenvalue weighted by Gasteiger charge is -2.29. The lowest BCUT2D eigenvalue weighted by molar-refractivity contribution is -0.145. The normalized spacial score (nSPS) is 27.0. The van der Waals surface area contributed by atoms with Crippen LogP contribution in [0.4, 0.5) is 4.79 Å². The quantitative estimate of drug-likeness (QED) is 0.345. The predicted molar refractivity (Wildman–Crippen MR) is 160 cm³/mol. The van der Waals surface area contributed by atoms with Gasteiger partial charge in [0.05, 0.1) is 12.3 Å². The van der Waals surface area contributed by atoms with Crippen molar-refractivity contribution in [2.45, 2.75) is 109 Å². The number of amides is 3. The number of carboxylic acids is 1. The van der Waals surface area contributed by atoms with E-state index in [1.54, 1.807) is 27.7 Å². The molecule has 0 aromatic heterocycles. The Morgan fingerprint density at radius 2 is 1.98 bits per heavy atom. The van der Waals surface area contributed by atoms with E-state index in [1.165, 1.54) is 4.90 Å². The van der Waals surface area contributed by atoms with Gasteiger partial charge in [0.25, 0.3) is 0 Å². The number of aryl methyl sites for hydroxylation is 1. The summed E-state index contributed by atoms with van der Waals surface area (Å²) in [6, 6.07) is 5.86. The van der Waals surface area contributed by atoms with Gasteiger partial charge in [0.2, 0.25) is 11.8 Å². The van der Waals surface area contributed by atoms with Crippen molar-refractivity contribution < 1.29 is 33.9 Å². The maximum atomic E-state index is 13.9. The Kier molecular flexibility index (Phi) is 9.22. The molecule has 1 aromatic rings. The molecule has 3 N–H and O–H groups in total. The van der Waals surface area contributed by atoms with Crippen molar-refractivity contribution in [1.82, 2.24) is 15.5 Å². The van der Waals surface area contributed by atoms with Crippen LogP contribution in [0.5, 0.6) is 0 Å². The Balaban J connectivity index is 1.58. The number of benzene rings is 1. The zero-order valence-corrected chi connectivity index (χ0v) is 25.9. The van der Waals surface area contributed by atoms with Crippen LogP contribution in [0.15, 0.2) is 41.6 Å². The SMILES string of the molecule is CCC/C=C\[C@@H]1C[C@]1(NC(=O)[C@@H]1C[C@]2(CC(c3cccc(C)c3)=NO2)CN1C(=O)[C@H](CC)NC(=O)OC(C)(C)C)C(=O)O. The van der Waals surface area contributed by atoms with Crippen LogP contribution in [0.25, 0.3) is 0 Å². The molecule has 0 bridgehead atoms. The number of alkyl carbamates (subject to hydrolysis) is 1.